The van der Waals surface area contributed by atoms with E-state index in [4.69, 9.17) is 0 Å². The molecule has 3 aromatic rings. The van der Waals surface area contributed by atoms with Gasteiger partial charge in [0, 0.05) is 18.7 Å². The van der Waals surface area contributed by atoms with Crippen LogP contribution in [0.5, 0.6) is 0 Å². The van der Waals surface area contributed by atoms with Crippen LogP contribution in [-0.4, -0.2) is 28.3 Å². The molecule has 0 amide bonds. The van der Waals surface area contributed by atoms with Gasteiger partial charge >= 0.3 is 0 Å². The van der Waals surface area contributed by atoms with E-state index >= 15 is 0 Å². The molecule has 0 heterocycles. The highest BCUT2D eigenvalue weighted by atomic mass is 32.2. The quantitative estimate of drug-likeness (QED) is 0.406. The summed E-state index contributed by atoms with van der Waals surface area (Å²) in [6, 6.07) is 17.6. The van der Waals surface area contributed by atoms with Crippen LogP contribution in [0.3, 0.4) is 0 Å². The molecule has 0 aliphatic rings. The zero-order valence-corrected chi connectivity index (χ0v) is 18.2. The number of aryl methyl sites for hydroxylation is 1. The summed E-state index contributed by atoms with van der Waals surface area (Å²) in [5.74, 6) is 0. The van der Waals surface area contributed by atoms with Gasteiger partial charge in [-0.1, -0.05) is 36.4 Å². The van der Waals surface area contributed by atoms with Crippen LogP contribution in [0, 0.1) is 17.0 Å². The van der Waals surface area contributed by atoms with Gasteiger partial charge in [-0.05, 0) is 48.7 Å². The highest BCUT2D eigenvalue weighted by Gasteiger charge is 2.23. The molecule has 0 fully saturated rings. The third-order valence-corrected chi connectivity index (χ3v) is 8.04. The first-order valence-electron chi connectivity index (χ1n) is 9.25. The lowest BCUT2D eigenvalue weighted by atomic mass is 10.1. The highest BCUT2D eigenvalue weighted by Crippen LogP contribution is 2.25. The van der Waals surface area contributed by atoms with Gasteiger partial charge in [0.1, 0.15) is 0 Å². The SMILES string of the molecule is Cc1ccc(S(=O)(=O)c2ccccc2)cc1S(=O)(=O)NCCc1ccc([N+](=O)[O-])cc1. The van der Waals surface area contributed by atoms with Gasteiger partial charge in [0.05, 0.1) is 19.6 Å². The summed E-state index contributed by atoms with van der Waals surface area (Å²) in [4.78, 5) is 10.0. The third kappa shape index (κ3) is 5.16. The van der Waals surface area contributed by atoms with Gasteiger partial charge in [0.25, 0.3) is 5.69 Å². The first kappa shape index (κ1) is 22.6. The summed E-state index contributed by atoms with van der Waals surface area (Å²) >= 11 is 0. The van der Waals surface area contributed by atoms with E-state index in [9.17, 15) is 26.9 Å². The fourth-order valence-electron chi connectivity index (χ4n) is 2.96. The van der Waals surface area contributed by atoms with Crippen LogP contribution < -0.4 is 4.72 Å². The fraction of sp³-hybridized carbons (Fsp3) is 0.143. The van der Waals surface area contributed by atoms with Crippen molar-refractivity contribution in [3.8, 4) is 0 Å². The van der Waals surface area contributed by atoms with E-state index in [1.165, 1.54) is 36.4 Å². The average molecular weight is 461 g/mol. The Balaban J connectivity index is 1.79. The largest absolute Gasteiger partial charge is 0.269 e. The van der Waals surface area contributed by atoms with E-state index in [1.54, 1.807) is 37.3 Å². The molecule has 0 unspecified atom stereocenters. The van der Waals surface area contributed by atoms with Crippen molar-refractivity contribution in [2.45, 2.75) is 28.0 Å². The number of nitro groups is 1. The molecule has 162 valence electrons. The van der Waals surface area contributed by atoms with E-state index in [-0.39, 0.29) is 26.9 Å². The maximum atomic E-state index is 12.8. The number of nitrogens with zero attached hydrogens (tertiary/aromatic N) is 1. The fourth-order valence-corrected chi connectivity index (χ4v) is 5.65. The van der Waals surface area contributed by atoms with Gasteiger partial charge in [-0.25, -0.2) is 21.6 Å². The predicted molar refractivity (Wildman–Crippen MR) is 115 cm³/mol. The van der Waals surface area contributed by atoms with Crippen LogP contribution in [0.25, 0.3) is 0 Å². The molecule has 0 bridgehead atoms. The van der Waals surface area contributed by atoms with Crippen molar-refractivity contribution in [2.75, 3.05) is 6.54 Å². The summed E-state index contributed by atoms with van der Waals surface area (Å²) in [5.41, 5.74) is 1.09. The number of hydrogen-bond donors (Lipinski definition) is 1. The molecule has 31 heavy (non-hydrogen) atoms. The maximum absolute atomic E-state index is 12.8. The molecule has 0 atom stereocenters. The van der Waals surface area contributed by atoms with Crippen molar-refractivity contribution < 1.29 is 21.8 Å². The highest BCUT2D eigenvalue weighted by molar-refractivity contribution is 7.91. The standard InChI is InChI=1S/C21H20N2O6S2/c1-16-7-12-20(30(26,27)19-5-3-2-4-6-19)15-21(16)31(28,29)22-14-13-17-8-10-18(11-9-17)23(24)25/h2-12,15,22H,13-14H2,1H3. The Bertz CT molecular complexity index is 1300. The van der Waals surface area contributed by atoms with Crippen LogP contribution in [0.4, 0.5) is 5.69 Å². The third-order valence-electron chi connectivity index (χ3n) is 4.67. The molecular formula is C21H20N2O6S2. The van der Waals surface area contributed by atoms with E-state index in [0.717, 1.165) is 11.6 Å². The van der Waals surface area contributed by atoms with Crippen LogP contribution >= 0.6 is 0 Å². The van der Waals surface area contributed by atoms with Gasteiger partial charge in [-0.15, -0.1) is 0 Å². The van der Waals surface area contributed by atoms with Gasteiger partial charge in [0.15, 0.2) is 0 Å². The van der Waals surface area contributed by atoms with Crippen LogP contribution in [0.15, 0.2) is 87.5 Å². The molecule has 0 saturated heterocycles. The molecule has 3 aromatic carbocycles. The summed E-state index contributed by atoms with van der Waals surface area (Å²) < 4.78 is 53.7. The summed E-state index contributed by atoms with van der Waals surface area (Å²) in [7, 11) is -7.83. The molecular weight excluding hydrogens is 440 g/mol. The molecule has 0 spiro atoms. The second kappa shape index (κ2) is 8.96. The Kier molecular flexibility index (Phi) is 6.54. The van der Waals surface area contributed by atoms with Gasteiger partial charge < -0.3 is 0 Å². The van der Waals surface area contributed by atoms with E-state index in [1.807, 2.05) is 0 Å². The van der Waals surface area contributed by atoms with Crippen LogP contribution in [0.1, 0.15) is 11.1 Å². The van der Waals surface area contributed by atoms with E-state index < -0.39 is 24.8 Å². The lowest BCUT2D eigenvalue weighted by Gasteiger charge is -2.12. The number of benzene rings is 3. The number of nitro benzene ring substituents is 1. The Morgan fingerprint density at radius 1 is 0.871 bits per heavy atom. The number of sulfone groups is 1. The van der Waals surface area contributed by atoms with Crippen molar-refractivity contribution in [3.63, 3.8) is 0 Å². The number of hydrogen-bond acceptors (Lipinski definition) is 6. The minimum absolute atomic E-state index is 0.0450. The molecule has 3 rings (SSSR count). The lowest BCUT2D eigenvalue weighted by molar-refractivity contribution is -0.384. The van der Waals surface area contributed by atoms with E-state index in [2.05, 4.69) is 4.72 Å². The summed E-state index contributed by atoms with van der Waals surface area (Å²) in [5, 5.41) is 10.7. The van der Waals surface area contributed by atoms with Crippen molar-refractivity contribution in [1.29, 1.82) is 0 Å². The van der Waals surface area contributed by atoms with Crippen LogP contribution in [0.2, 0.25) is 0 Å². The Morgan fingerprint density at radius 3 is 2.13 bits per heavy atom. The monoisotopic (exact) mass is 460 g/mol. The smallest absolute Gasteiger partial charge is 0.258 e. The lowest BCUT2D eigenvalue weighted by Crippen LogP contribution is -2.27. The van der Waals surface area contributed by atoms with Crippen molar-refractivity contribution in [1.82, 2.24) is 4.72 Å². The minimum Gasteiger partial charge on any atom is -0.258 e. The number of sulfonamides is 1. The normalized spacial score (nSPS) is 11.9. The molecule has 1 N–H and O–H groups in total. The Labute approximate surface area is 180 Å². The Morgan fingerprint density at radius 2 is 1.52 bits per heavy atom. The first-order chi connectivity index (χ1) is 14.6. The molecule has 0 aliphatic carbocycles. The molecule has 0 aromatic heterocycles. The van der Waals surface area contributed by atoms with Gasteiger partial charge in [-0.3, -0.25) is 10.1 Å². The average Bonchev–Trinajstić information content (AvgIpc) is 2.74. The molecule has 0 aliphatic heterocycles. The second-order valence-corrected chi connectivity index (χ2v) is 10.5. The summed E-state index contributed by atoms with van der Waals surface area (Å²) in [6.07, 6.45) is 0.318. The van der Waals surface area contributed by atoms with Crippen LogP contribution in [-0.2, 0) is 26.3 Å². The Hall–Kier alpha value is -3.08. The van der Waals surface area contributed by atoms with Gasteiger partial charge in [-0.2, -0.15) is 0 Å². The van der Waals surface area contributed by atoms with Gasteiger partial charge in [0.2, 0.25) is 19.9 Å². The van der Waals surface area contributed by atoms with Crippen molar-refractivity contribution >= 4 is 25.5 Å². The van der Waals surface area contributed by atoms with E-state index in [0.29, 0.717) is 12.0 Å². The predicted octanol–water partition coefficient (Wildman–Crippen LogP) is 3.26. The second-order valence-electron chi connectivity index (χ2n) is 6.82. The topological polar surface area (TPSA) is 123 Å². The molecule has 0 saturated carbocycles. The molecule has 0 radical (unpaired) electrons. The first-order valence-corrected chi connectivity index (χ1v) is 12.2. The number of nitrogens with one attached hydrogen (secondary N) is 1. The molecule has 10 heteroatoms. The maximum Gasteiger partial charge on any atom is 0.269 e. The zero-order valence-electron chi connectivity index (χ0n) is 16.6. The zero-order chi connectivity index (χ0) is 22.6. The van der Waals surface area contributed by atoms with Crippen molar-refractivity contribution in [2.24, 2.45) is 0 Å². The molecule has 8 nitrogen and oxygen atoms in total. The number of rotatable bonds is 8. The number of non-ortho nitro benzene ring substituents is 1. The summed E-state index contributed by atoms with van der Waals surface area (Å²) in [6.45, 7) is 1.64. The minimum atomic E-state index is -3.97. The van der Waals surface area contributed by atoms with Crippen molar-refractivity contribution in [3.05, 3.63) is 94.0 Å².